The van der Waals surface area contributed by atoms with Gasteiger partial charge in [0.1, 0.15) is 12.2 Å². The number of hydrogen-bond donors (Lipinski definition) is 0. The number of nitrogens with zero attached hydrogens (tertiary/aromatic N) is 2. The Hall–Kier alpha value is -2.62. The van der Waals surface area contributed by atoms with E-state index in [9.17, 15) is 0 Å². The van der Waals surface area contributed by atoms with E-state index in [4.69, 9.17) is 15.3 Å². The molecule has 0 bridgehead atoms. The van der Waals surface area contributed by atoms with Crippen molar-refractivity contribution in [2.24, 2.45) is 0 Å². The van der Waals surface area contributed by atoms with Crippen molar-refractivity contribution in [2.75, 3.05) is 0 Å². The lowest BCUT2D eigenvalue weighted by Gasteiger charge is -1.97. The fourth-order valence-electron chi connectivity index (χ4n) is 2.11. The summed E-state index contributed by atoms with van der Waals surface area (Å²) in [7, 11) is 0. The summed E-state index contributed by atoms with van der Waals surface area (Å²) in [5.41, 5.74) is 3.46. The number of hydrogen-bond acceptors (Lipinski definition) is 3. The number of ether oxygens (including phenoxy) is 1. The standard InChI is InChI=1S/C16H10N2O/c17-9-11-1-5-13(6-2-11)15-16(19-15)14-7-3-12(10-18)4-8-14/h1-8,15-16H. The minimum absolute atomic E-state index is 0.0562. The summed E-state index contributed by atoms with van der Waals surface area (Å²) in [5, 5.41) is 17.5. The second kappa shape index (κ2) is 4.57. The van der Waals surface area contributed by atoms with Crippen molar-refractivity contribution in [3.63, 3.8) is 0 Å². The molecule has 1 heterocycles. The van der Waals surface area contributed by atoms with E-state index < -0.39 is 0 Å². The van der Waals surface area contributed by atoms with E-state index in [0.29, 0.717) is 11.1 Å². The van der Waals surface area contributed by atoms with Gasteiger partial charge in [0, 0.05) is 0 Å². The fraction of sp³-hybridized carbons (Fsp3) is 0.125. The fourth-order valence-corrected chi connectivity index (χ4v) is 2.11. The van der Waals surface area contributed by atoms with Crippen LogP contribution in [0.25, 0.3) is 0 Å². The van der Waals surface area contributed by atoms with Gasteiger partial charge in [-0.05, 0) is 35.4 Å². The Morgan fingerprint density at radius 2 is 1.05 bits per heavy atom. The molecule has 0 N–H and O–H groups in total. The number of rotatable bonds is 2. The molecule has 0 aliphatic carbocycles. The molecule has 90 valence electrons. The zero-order chi connectivity index (χ0) is 13.2. The van der Waals surface area contributed by atoms with Crippen LogP contribution in [0.4, 0.5) is 0 Å². The third-order valence-electron chi connectivity index (χ3n) is 3.23. The SMILES string of the molecule is N#Cc1ccc(C2OC2c2ccc(C#N)cc2)cc1. The molecule has 0 radical (unpaired) electrons. The van der Waals surface area contributed by atoms with E-state index in [0.717, 1.165) is 11.1 Å². The molecule has 19 heavy (non-hydrogen) atoms. The van der Waals surface area contributed by atoms with E-state index in [1.54, 1.807) is 24.3 Å². The maximum Gasteiger partial charge on any atom is 0.114 e. The van der Waals surface area contributed by atoms with Gasteiger partial charge in [-0.25, -0.2) is 0 Å². The molecule has 2 aromatic rings. The van der Waals surface area contributed by atoms with Crippen LogP contribution in [0.5, 0.6) is 0 Å². The summed E-state index contributed by atoms with van der Waals surface area (Å²) in [6.45, 7) is 0. The summed E-state index contributed by atoms with van der Waals surface area (Å²) in [4.78, 5) is 0. The summed E-state index contributed by atoms with van der Waals surface area (Å²) < 4.78 is 5.67. The van der Waals surface area contributed by atoms with E-state index in [2.05, 4.69) is 12.1 Å². The largest absolute Gasteiger partial charge is 0.359 e. The molecule has 2 unspecified atom stereocenters. The molecule has 3 nitrogen and oxygen atoms in total. The smallest absolute Gasteiger partial charge is 0.114 e. The maximum atomic E-state index is 8.75. The summed E-state index contributed by atoms with van der Waals surface area (Å²) in [6, 6.07) is 19.1. The molecule has 0 aromatic heterocycles. The summed E-state index contributed by atoms with van der Waals surface area (Å²) in [6.07, 6.45) is 0.112. The monoisotopic (exact) mass is 246 g/mol. The maximum absolute atomic E-state index is 8.75. The lowest BCUT2D eigenvalue weighted by atomic mass is 10.0. The molecular weight excluding hydrogens is 236 g/mol. The third-order valence-corrected chi connectivity index (χ3v) is 3.23. The molecule has 1 saturated heterocycles. The lowest BCUT2D eigenvalue weighted by molar-refractivity contribution is 0.377. The van der Waals surface area contributed by atoms with E-state index in [1.165, 1.54) is 0 Å². The minimum Gasteiger partial charge on any atom is -0.359 e. The Bertz CT molecular complexity index is 613. The predicted molar refractivity (Wildman–Crippen MR) is 68.9 cm³/mol. The molecule has 1 aliphatic heterocycles. The highest BCUT2D eigenvalue weighted by Gasteiger charge is 2.41. The van der Waals surface area contributed by atoms with Gasteiger partial charge in [0.15, 0.2) is 0 Å². The number of nitriles is 2. The van der Waals surface area contributed by atoms with Crippen LogP contribution in [-0.2, 0) is 4.74 Å². The summed E-state index contributed by atoms with van der Waals surface area (Å²) >= 11 is 0. The van der Waals surface area contributed by atoms with Crippen LogP contribution in [0.1, 0.15) is 34.5 Å². The van der Waals surface area contributed by atoms with Crippen molar-refractivity contribution in [1.82, 2.24) is 0 Å². The molecule has 3 rings (SSSR count). The molecule has 3 heteroatoms. The van der Waals surface area contributed by atoms with Crippen LogP contribution in [-0.4, -0.2) is 0 Å². The van der Waals surface area contributed by atoms with Gasteiger partial charge in [-0.2, -0.15) is 10.5 Å². The number of epoxide rings is 1. The summed E-state index contributed by atoms with van der Waals surface area (Å²) in [5.74, 6) is 0. The molecule has 0 amide bonds. The van der Waals surface area contributed by atoms with E-state index in [-0.39, 0.29) is 12.2 Å². The Morgan fingerprint density at radius 3 is 1.37 bits per heavy atom. The highest BCUT2D eigenvalue weighted by Crippen LogP contribution is 2.50. The molecule has 2 atom stereocenters. The second-order valence-corrected chi connectivity index (χ2v) is 4.44. The predicted octanol–water partition coefficient (Wildman–Crippen LogP) is 3.24. The van der Waals surface area contributed by atoms with Gasteiger partial charge >= 0.3 is 0 Å². The second-order valence-electron chi connectivity index (χ2n) is 4.44. The van der Waals surface area contributed by atoms with Crippen molar-refractivity contribution >= 4 is 0 Å². The molecular formula is C16H10N2O. The Morgan fingerprint density at radius 1 is 0.684 bits per heavy atom. The van der Waals surface area contributed by atoms with Gasteiger partial charge in [0.2, 0.25) is 0 Å². The van der Waals surface area contributed by atoms with Crippen LogP contribution in [0.2, 0.25) is 0 Å². The topological polar surface area (TPSA) is 60.1 Å². The van der Waals surface area contributed by atoms with Gasteiger partial charge in [0.05, 0.1) is 23.3 Å². The third kappa shape index (κ3) is 2.20. The minimum atomic E-state index is 0.0562. The Labute approximate surface area is 111 Å². The molecule has 2 aromatic carbocycles. The Kier molecular flexibility index (Phi) is 2.76. The first-order valence-corrected chi connectivity index (χ1v) is 5.97. The van der Waals surface area contributed by atoms with Gasteiger partial charge in [-0.15, -0.1) is 0 Å². The average molecular weight is 246 g/mol. The van der Waals surface area contributed by atoms with Gasteiger partial charge in [-0.3, -0.25) is 0 Å². The van der Waals surface area contributed by atoms with Crippen molar-refractivity contribution in [3.8, 4) is 12.1 Å². The van der Waals surface area contributed by atoms with Crippen LogP contribution >= 0.6 is 0 Å². The van der Waals surface area contributed by atoms with E-state index in [1.807, 2.05) is 24.3 Å². The van der Waals surface area contributed by atoms with Crippen LogP contribution in [0.3, 0.4) is 0 Å². The van der Waals surface area contributed by atoms with Crippen molar-refractivity contribution in [3.05, 3.63) is 70.8 Å². The van der Waals surface area contributed by atoms with Crippen molar-refractivity contribution in [2.45, 2.75) is 12.2 Å². The van der Waals surface area contributed by atoms with Crippen molar-refractivity contribution < 1.29 is 4.74 Å². The molecule has 1 aliphatic rings. The first kappa shape index (κ1) is 11.5. The van der Waals surface area contributed by atoms with Gasteiger partial charge in [0.25, 0.3) is 0 Å². The molecule has 1 fully saturated rings. The van der Waals surface area contributed by atoms with Crippen LogP contribution in [0.15, 0.2) is 48.5 Å². The molecule has 0 saturated carbocycles. The first-order valence-electron chi connectivity index (χ1n) is 5.97. The zero-order valence-corrected chi connectivity index (χ0v) is 10.1. The average Bonchev–Trinajstić information content (AvgIpc) is 3.28. The first-order chi connectivity index (χ1) is 9.31. The number of benzene rings is 2. The van der Waals surface area contributed by atoms with E-state index >= 15 is 0 Å². The highest BCUT2D eigenvalue weighted by atomic mass is 16.6. The van der Waals surface area contributed by atoms with Crippen molar-refractivity contribution in [1.29, 1.82) is 10.5 Å². The normalized spacial score (nSPS) is 20.3. The van der Waals surface area contributed by atoms with Crippen LogP contribution in [0, 0.1) is 22.7 Å². The quantitative estimate of drug-likeness (QED) is 0.764. The lowest BCUT2D eigenvalue weighted by Crippen LogP contribution is -1.85. The van der Waals surface area contributed by atoms with Gasteiger partial charge < -0.3 is 4.74 Å². The van der Waals surface area contributed by atoms with Gasteiger partial charge in [-0.1, -0.05) is 24.3 Å². The highest BCUT2D eigenvalue weighted by molar-refractivity contribution is 5.38. The van der Waals surface area contributed by atoms with Crippen LogP contribution < -0.4 is 0 Å². The Balaban J connectivity index is 1.76. The zero-order valence-electron chi connectivity index (χ0n) is 10.1. The molecule has 0 spiro atoms.